The number of nitrogens with one attached hydrogen (secondary N) is 1. The second-order valence-electron chi connectivity index (χ2n) is 4.70. The first-order chi connectivity index (χ1) is 10.6. The molecule has 0 aliphatic heterocycles. The summed E-state index contributed by atoms with van der Waals surface area (Å²) in [6.07, 6.45) is 0.642. The third kappa shape index (κ3) is 4.94. The summed E-state index contributed by atoms with van der Waals surface area (Å²) in [5.74, 6) is -0.617. The van der Waals surface area contributed by atoms with Crippen LogP contribution in [0.5, 0.6) is 5.75 Å². The molecule has 2 aromatic rings. The molecule has 0 aliphatic carbocycles. The van der Waals surface area contributed by atoms with E-state index in [9.17, 15) is 9.59 Å². The topological polar surface area (TPSA) is 75.6 Å². The normalized spacial score (nSPS) is 10.0. The maximum atomic E-state index is 11.9. The van der Waals surface area contributed by atoms with Crippen molar-refractivity contribution in [3.63, 3.8) is 0 Å². The molecule has 5 nitrogen and oxygen atoms in total. The molecule has 114 valence electrons. The van der Waals surface area contributed by atoms with Gasteiger partial charge in [-0.15, -0.1) is 0 Å². The van der Waals surface area contributed by atoms with E-state index in [1.807, 2.05) is 24.3 Å². The van der Waals surface area contributed by atoms with E-state index in [0.717, 1.165) is 5.56 Å². The molecule has 2 rings (SSSR count). The van der Waals surface area contributed by atoms with E-state index in [-0.39, 0.29) is 12.5 Å². The molecule has 0 heterocycles. The Balaban J connectivity index is 1.83. The average Bonchev–Trinajstić information content (AvgIpc) is 2.54. The molecule has 0 unspecified atom stereocenters. The first kappa shape index (κ1) is 15.6. The van der Waals surface area contributed by atoms with E-state index >= 15 is 0 Å². The minimum Gasteiger partial charge on any atom is -0.482 e. The molecule has 0 aromatic heterocycles. The van der Waals surface area contributed by atoms with Gasteiger partial charge in [0.15, 0.2) is 6.61 Å². The van der Waals surface area contributed by atoms with Crippen molar-refractivity contribution in [2.45, 2.75) is 6.42 Å². The number of ether oxygens (including phenoxy) is 1. The zero-order chi connectivity index (χ0) is 15.8. The first-order valence-electron chi connectivity index (χ1n) is 6.92. The van der Waals surface area contributed by atoms with Crippen LogP contribution < -0.4 is 10.1 Å². The zero-order valence-electron chi connectivity index (χ0n) is 12.0. The second kappa shape index (κ2) is 7.83. The molecular weight excluding hydrogens is 282 g/mol. The number of hydrogen-bond donors (Lipinski definition) is 2. The molecular formula is C17H17NO4. The Morgan fingerprint density at radius 3 is 2.55 bits per heavy atom. The van der Waals surface area contributed by atoms with Gasteiger partial charge in [0.05, 0.1) is 0 Å². The van der Waals surface area contributed by atoms with Crippen LogP contribution in [0.15, 0.2) is 54.6 Å². The Morgan fingerprint density at radius 1 is 1.05 bits per heavy atom. The maximum Gasteiger partial charge on any atom is 0.341 e. The number of hydrogen-bond acceptors (Lipinski definition) is 3. The van der Waals surface area contributed by atoms with Crippen LogP contribution >= 0.6 is 0 Å². The number of aliphatic carboxylic acids is 1. The van der Waals surface area contributed by atoms with Crippen LogP contribution in [0.2, 0.25) is 0 Å². The van der Waals surface area contributed by atoms with E-state index in [1.165, 1.54) is 0 Å². The number of rotatable bonds is 7. The van der Waals surface area contributed by atoms with Crippen molar-refractivity contribution in [1.82, 2.24) is 5.32 Å². The van der Waals surface area contributed by atoms with E-state index in [1.54, 1.807) is 30.3 Å². The summed E-state index contributed by atoms with van der Waals surface area (Å²) in [7, 11) is 0. The average molecular weight is 299 g/mol. The van der Waals surface area contributed by atoms with Crippen LogP contribution in [-0.4, -0.2) is 30.1 Å². The van der Waals surface area contributed by atoms with Gasteiger partial charge in [-0.25, -0.2) is 4.79 Å². The van der Waals surface area contributed by atoms with Crippen LogP contribution in [0, 0.1) is 0 Å². The highest BCUT2D eigenvalue weighted by Gasteiger charge is 2.04. The third-order valence-electron chi connectivity index (χ3n) is 3.00. The number of benzene rings is 2. The van der Waals surface area contributed by atoms with Crippen LogP contribution in [0.3, 0.4) is 0 Å². The van der Waals surface area contributed by atoms with Gasteiger partial charge in [-0.3, -0.25) is 4.79 Å². The SMILES string of the molecule is O=C(O)COc1cccc(CCNC(=O)c2ccccc2)c1. The molecule has 0 saturated heterocycles. The minimum absolute atomic E-state index is 0.112. The number of carbonyl (C=O) groups is 2. The lowest BCUT2D eigenvalue weighted by Gasteiger charge is -2.07. The smallest absolute Gasteiger partial charge is 0.341 e. The van der Waals surface area contributed by atoms with Gasteiger partial charge in [0, 0.05) is 12.1 Å². The molecule has 2 aromatic carbocycles. The molecule has 1 amide bonds. The predicted octanol–water partition coefficient (Wildman–Crippen LogP) is 2.12. The quantitative estimate of drug-likeness (QED) is 0.821. The highest BCUT2D eigenvalue weighted by atomic mass is 16.5. The van der Waals surface area contributed by atoms with Crippen molar-refractivity contribution in [1.29, 1.82) is 0 Å². The summed E-state index contributed by atoms with van der Waals surface area (Å²) in [5, 5.41) is 11.4. The van der Waals surface area contributed by atoms with Gasteiger partial charge in [0.1, 0.15) is 5.75 Å². The number of carboxylic acid groups (broad SMARTS) is 1. The van der Waals surface area contributed by atoms with Crippen molar-refractivity contribution < 1.29 is 19.4 Å². The molecule has 2 N–H and O–H groups in total. The molecule has 5 heteroatoms. The van der Waals surface area contributed by atoms with Crippen LogP contribution in [0.25, 0.3) is 0 Å². The van der Waals surface area contributed by atoms with Crippen LogP contribution in [0.1, 0.15) is 15.9 Å². The standard InChI is InChI=1S/C17H17NO4/c19-16(20)12-22-15-8-4-5-13(11-15)9-10-18-17(21)14-6-2-1-3-7-14/h1-8,11H,9-10,12H2,(H,18,21)(H,19,20). The van der Waals surface area contributed by atoms with E-state index in [4.69, 9.17) is 9.84 Å². The van der Waals surface area contributed by atoms with Gasteiger partial charge in [0.2, 0.25) is 0 Å². The zero-order valence-corrected chi connectivity index (χ0v) is 12.0. The molecule has 22 heavy (non-hydrogen) atoms. The van der Waals surface area contributed by atoms with E-state index in [2.05, 4.69) is 5.32 Å². The number of amides is 1. The Kier molecular flexibility index (Phi) is 5.54. The molecule has 0 bridgehead atoms. The molecule has 0 spiro atoms. The predicted molar refractivity (Wildman–Crippen MR) is 82.1 cm³/mol. The Labute approximate surface area is 128 Å². The number of carbonyl (C=O) groups excluding carboxylic acids is 1. The highest BCUT2D eigenvalue weighted by Crippen LogP contribution is 2.13. The van der Waals surface area contributed by atoms with Gasteiger partial charge in [0.25, 0.3) is 5.91 Å². The van der Waals surface area contributed by atoms with E-state index in [0.29, 0.717) is 24.3 Å². The molecule has 0 saturated carbocycles. The third-order valence-corrected chi connectivity index (χ3v) is 3.00. The molecule has 0 aliphatic rings. The Bertz CT molecular complexity index is 640. The van der Waals surface area contributed by atoms with Crippen LogP contribution in [0.4, 0.5) is 0 Å². The lowest BCUT2D eigenvalue weighted by molar-refractivity contribution is -0.139. The minimum atomic E-state index is -1.01. The lowest BCUT2D eigenvalue weighted by Crippen LogP contribution is -2.25. The van der Waals surface area contributed by atoms with Crippen molar-refractivity contribution in [2.75, 3.05) is 13.2 Å². The number of carboxylic acids is 1. The summed E-state index contributed by atoms with van der Waals surface area (Å²) in [6, 6.07) is 16.2. The Morgan fingerprint density at radius 2 is 1.82 bits per heavy atom. The fourth-order valence-electron chi connectivity index (χ4n) is 1.95. The van der Waals surface area contributed by atoms with Gasteiger partial charge < -0.3 is 15.2 Å². The van der Waals surface area contributed by atoms with Crippen molar-refractivity contribution in [3.05, 3.63) is 65.7 Å². The summed E-state index contributed by atoms with van der Waals surface area (Å²) in [4.78, 5) is 22.3. The lowest BCUT2D eigenvalue weighted by atomic mass is 10.1. The monoisotopic (exact) mass is 299 g/mol. The molecule has 0 fully saturated rings. The van der Waals surface area contributed by atoms with Crippen molar-refractivity contribution in [3.8, 4) is 5.75 Å². The molecule has 0 atom stereocenters. The summed E-state index contributed by atoms with van der Waals surface area (Å²) in [5.41, 5.74) is 1.59. The van der Waals surface area contributed by atoms with Crippen LogP contribution in [-0.2, 0) is 11.2 Å². The summed E-state index contributed by atoms with van der Waals surface area (Å²) < 4.78 is 5.12. The van der Waals surface area contributed by atoms with Crippen molar-refractivity contribution in [2.24, 2.45) is 0 Å². The van der Waals surface area contributed by atoms with E-state index < -0.39 is 5.97 Å². The summed E-state index contributed by atoms with van der Waals surface area (Å²) >= 11 is 0. The largest absolute Gasteiger partial charge is 0.482 e. The van der Waals surface area contributed by atoms with Gasteiger partial charge in [-0.2, -0.15) is 0 Å². The Hall–Kier alpha value is -2.82. The fourth-order valence-corrected chi connectivity index (χ4v) is 1.95. The van der Waals surface area contributed by atoms with Gasteiger partial charge in [-0.05, 0) is 36.2 Å². The molecule has 0 radical (unpaired) electrons. The highest BCUT2D eigenvalue weighted by molar-refractivity contribution is 5.94. The second-order valence-corrected chi connectivity index (χ2v) is 4.70. The van der Waals surface area contributed by atoms with Gasteiger partial charge >= 0.3 is 5.97 Å². The first-order valence-corrected chi connectivity index (χ1v) is 6.92. The fraction of sp³-hybridized carbons (Fsp3) is 0.176. The van der Waals surface area contributed by atoms with Crippen molar-refractivity contribution >= 4 is 11.9 Å². The maximum absolute atomic E-state index is 11.9. The van der Waals surface area contributed by atoms with Gasteiger partial charge in [-0.1, -0.05) is 30.3 Å². The summed E-state index contributed by atoms with van der Waals surface area (Å²) in [6.45, 7) is 0.129.